The molecule has 0 unspecified atom stereocenters. The Kier molecular flexibility index (Phi) is 6.72. The Morgan fingerprint density at radius 1 is 1.29 bits per heavy atom. The molecule has 8 nitrogen and oxygen atoms in total. The van der Waals surface area contributed by atoms with Crippen LogP contribution in [0.1, 0.15) is 5.76 Å². The Hall–Kier alpha value is -2.78. The Labute approximate surface area is 167 Å². The number of thioether (sulfide) groups is 1. The van der Waals surface area contributed by atoms with E-state index in [2.05, 4.69) is 15.5 Å². The third kappa shape index (κ3) is 4.73. The lowest BCUT2D eigenvalue weighted by Gasteiger charge is -2.10. The van der Waals surface area contributed by atoms with Crippen molar-refractivity contribution in [3.05, 3.63) is 42.4 Å². The molecule has 0 saturated carbocycles. The van der Waals surface area contributed by atoms with Gasteiger partial charge in [0, 0.05) is 18.9 Å². The van der Waals surface area contributed by atoms with Gasteiger partial charge in [-0.3, -0.25) is 9.36 Å². The number of benzene rings is 1. The number of nitrogens with zero attached hydrogens (tertiary/aromatic N) is 3. The number of nitrogens with one attached hydrogen (secondary N) is 1. The summed E-state index contributed by atoms with van der Waals surface area (Å²) in [7, 11) is 3.23. The van der Waals surface area contributed by atoms with Gasteiger partial charge in [-0.05, 0) is 25.1 Å². The SMILES string of the molecule is COCCn1c(SCC(=O)Nc2cccc(OC)c2)nnc1-c1ccoc1C. The van der Waals surface area contributed by atoms with Crippen molar-refractivity contribution in [3.8, 4) is 17.1 Å². The summed E-state index contributed by atoms with van der Waals surface area (Å²) >= 11 is 1.32. The minimum atomic E-state index is -0.138. The topological polar surface area (TPSA) is 91.4 Å². The summed E-state index contributed by atoms with van der Waals surface area (Å²) in [5, 5.41) is 12.0. The van der Waals surface area contributed by atoms with E-state index >= 15 is 0 Å². The molecule has 0 radical (unpaired) electrons. The number of hydrogen-bond donors (Lipinski definition) is 1. The first-order chi connectivity index (χ1) is 13.6. The van der Waals surface area contributed by atoms with E-state index in [1.165, 1.54) is 11.8 Å². The lowest BCUT2D eigenvalue weighted by Crippen LogP contribution is -2.15. The molecule has 28 heavy (non-hydrogen) atoms. The number of aromatic nitrogens is 3. The minimum Gasteiger partial charge on any atom is -0.497 e. The zero-order valence-electron chi connectivity index (χ0n) is 16.0. The number of ether oxygens (including phenoxy) is 2. The van der Waals surface area contributed by atoms with E-state index in [1.807, 2.05) is 35.8 Å². The van der Waals surface area contributed by atoms with E-state index in [0.717, 1.165) is 11.3 Å². The fraction of sp³-hybridized carbons (Fsp3) is 0.316. The molecule has 1 aromatic carbocycles. The standard InChI is InChI=1S/C19H22N4O4S/c1-13-16(7-9-27-13)18-21-22-19(23(18)8-10-25-2)28-12-17(24)20-14-5-4-6-15(11-14)26-3/h4-7,9,11H,8,10,12H2,1-3H3,(H,20,24). The van der Waals surface area contributed by atoms with Crippen molar-refractivity contribution < 1.29 is 18.7 Å². The van der Waals surface area contributed by atoms with Crippen LogP contribution in [0, 0.1) is 6.92 Å². The van der Waals surface area contributed by atoms with Gasteiger partial charge in [-0.1, -0.05) is 17.8 Å². The fourth-order valence-electron chi connectivity index (χ4n) is 2.62. The van der Waals surface area contributed by atoms with Crippen molar-refractivity contribution in [3.63, 3.8) is 0 Å². The Morgan fingerprint density at radius 3 is 2.86 bits per heavy atom. The normalized spacial score (nSPS) is 10.8. The average molecular weight is 402 g/mol. The Bertz CT molecular complexity index is 938. The second kappa shape index (κ2) is 9.43. The van der Waals surface area contributed by atoms with Crippen LogP contribution < -0.4 is 10.1 Å². The first-order valence-electron chi connectivity index (χ1n) is 8.65. The van der Waals surface area contributed by atoms with Crippen molar-refractivity contribution in [2.45, 2.75) is 18.6 Å². The van der Waals surface area contributed by atoms with Gasteiger partial charge in [0.2, 0.25) is 5.91 Å². The summed E-state index contributed by atoms with van der Waals surface area (Å²) < 4.78 is 17.7. The summed E-state index contributed by atoms with van der Waals surface area (Å²) in [6, 6.07) is 9.08. The highest BCUT2D eigenvalue weighted by molar-refractivity contribution is 7.99. The van der Waals surface area contributed by atoms with Crippen LogP contribution in [0.5, 0.6) is 5.75 Å². The van der Waals surface area contributed by atoms with Crippen molar-refractivity contribution >= 4 is 23.4 Å². The molecular weight excluding hydrogens is 380 g/mol. The van der Waals surface area contributed by atoms with Gasteiger partial charge in [-0.25, -0.2) is 0 Å². The van der Waals surface area contributed by atoms with E-state index < -0.39 is 0 Å². The third-order valence-corrected chi connectivity index (χ3v) is 4.99. The van der Waals surface area contributed by atoms with Crippen molar-refractivity contribution in [1.82, 2.24) is 14.8 Å². The highest BCUT2D eigenvalue weighted by atomic mass is 32.2. The first kappa shape index (κ1) is 20.0. The maximum atomic E-state index is 12.3. The van der Waals surface area contributed by atoms with Gasteiger partial charge in [0.15, 0.2) is 11.0 Å². The molecule has 0 aliphatic carbocycles. The quantitative estimate of drug-likeness (QED) is 0.549. The van der Waals surface area contributed by atoms with Gasteiger partial charge >= 0.3 is 0 Å². The molecule has 0 aliphatic heterocycles. The van der Waals surface area contributed by atoms with Gasteiger partial charge < -0.3 is 19.2 Å². The second-order valence-corrected chi connectivity index (χ2v) is 6.85. The summed E-state index contributed by atoms with van der Waals surface area (Å²) in [5.41, 5.74) is 1.55. The van der Waals surface area contributed by atoms with E-state index in [4.69, 9.17) is 13.9 Å². The smallest absolute Gasteiger partial charge is 0.234 e. The van der Waals surface area contributed by atoms with Crippen LogP contribution in [0.15, 0.2) is 46.2 Å². The van der Waals surface area contributed by atoms with Crippen molar-refractivity contribution in [2.75, 3.05) is 31.9 Å². The number of amides is 1. The summed E-state index contributed by atoms with van der Waals surface area (Å²) in [5.74, 6) is 2.20. The van der Waals surface area contributed by atoms with Gasteiger partial charge in [-0.15, -0.1) is 10.2 Å². The molecule has 0 atom stereocenters. The number of methoxy groups -OCH3 is 2. The molecular formula is C19H22N4O4S. The van der Waals surface area contributed by atoms with Crippen LogP contribution in [-0.2, 0) is 16.1 Å². The predicted octanol–water partition coefficient (Wildman–Crippen LogP) is 3.23. The van der Waals surface area contributed by atoms with Crippen LogP contribution in [0.4, 0.5) is 5.69 Å². The Morgan fingerprint density at radius 2 is 2.14 bits per heavy atom. The van der Waals surface area contributed by atoms with Crippen LogP contribution in [0.25, 0.3) is 11.4 Å². The largest absolute Gasteiger partial charge is 0.497 e. The second-order valence-electron chi connectivity index (χ2n) is 5.91. The molecule has 2 heterocycles. The summed E-state index contributed by atoms with van der Waals surface area (Å²) in [4.78, 5) is 12.3. The third-order valence-electron chi connectivity index (χ3n) is 4.02. The van der Waals surface area contributed by atoms with Crippen LogP contribution >= 0.6 is 11.8 Å². The van der Waals surface area contributed by atoms with E-state index in [1.54, 1.807) is 26.5 Å². The van der Waals surface area contributed by atoms with Gasteiger partial charge in [0.1, 0.15) is 11.5 Å². The van der Waals surface area contributed by atoms with Crippen LogP contribution in [-0.4, -0.2) is 47.3 Å². The highest BCUT2D eigenvalue weighted by Crippen LogP contribution is 2.27. The van der Waals surface area contributed by atoms with Gasteiger partial charge in [-0.2, -0.15) is 0 Å². The first-order valence-corrected chi connectivity index (χ1v) is 9.64. The van der Waals surface area contributed by atoms with Crippen LogP contribution in [0.3, 0.4) is 0 Å². The highest BCUT2D eigenvalue weighted by Gasteiger charge is 2.18. The van der Waals surface area contributed by atoms with E-state index in [9.17, 15) is 4.79 Å². The molecule has 0 aliphatic rings. The number of carbonyl (C=O) groups is 1. The average Bonchev–Trinajstić information content (AvgIpc) is 3.30. The fourth-order valence-corrected chi connectivity index (χ4v) is 3.39. The molecule has 1 N–H and O–H groups in total. The summed E-state index contributed by atoms with van der Waals surface area (Å²) in [6.45, 7) is 2.95. The molecule has 0 saturated heterocycles. The molecule has 0 fully saturated rings. The number of aryl methyl sites for hydroxylation is 1. The zero-order valence-corrected chi connectivity index (χ0v) is 16.8. The maximum absolute atomic E-state index is 12.3. The van der Waals surface area contributed by atoms with Crippen molar-refractivity contribution in [1.29, 1.82) is 0 Å². The lowest BCUT2D eigenvalue weighted by atomic mass is 10.2. The monoisotopic (exact) mass is 402 g/mol. The molecule has 3 aromatic rings. The van der Waals surface area contributed by atoms with Crippen molar-refractivity contribution in [2.24, 2.45) is 0 Å². The maximum Gasteiger partial charge on any atom is 0.234 e. The number of furan rings is 1. The molecule has 0 bridgehead atoms. The number of carbonyl (C=O) groups excluding carboxylic acids is 1. The van der Waals surface area contributed by atoms with E-state index in [0.29, 0.717) is 35.6 Å². The molecule has 148 valence electrons. The number of anilines is 1. The zero-order chi connectivity index (χ0) is 19.9. The van der Waals surface area contributed by atoms with Crippen LogP contribution in [0.2, 0.25) is 0 Å². The summed E-state index contributed by atoms with van der Waals surface area (Å²) in [6.07, 6.45) is 1.62. The molecule has 2 aromatic heterocycles. The van der Waals surface area contributed by atoms with Gasteiger partial charge in [0.25, 0.3) is 0 Å². The predicted molar refractivity (Wildman–Crippen MR) is 107 cm³/mol. The molecule has 9 heteroatoms. The minimum absolute atomic E-state index is 0.138. The molecule has 0 spiro atoms. The number of rotatable bonds is 9. The molecule has 3 rings (SSSR count). The lowest BCUT2D eigenvalue weighted by molar-refractivity contribution is -0.113. The van der Waals surface area contributed by atoms with Gasteiger partial charge in [0.05, 0.1) is 37.8 Å². The Balaban J connectivity index is 1.70. The molecule has 1 amide bonds. The number of hydrogen-bond acceptors (Lipinski definition) is 7. The van der Waals surface area contributed by atoms with E-state index in [-0.39, 0.29) is 11.7 Å².